The van der Waals surface area contributed by atoms with Crippen molar-refractivity contribution in [2.45, 2.75) is 39.5 Å². The third kappa shape index (κ3) is 6.34. The van der Waals surface area contributed by atoms with Crippen molar-refractivity contribution in [3.8, 4) is 10.6 Å². The summed E-state index contributed by atoms with van der Waals surface area (Å²) < 4.78 is 13.2. The Balaban J connectivity index is 1.25. The average Bonchev–Trinajstić information content (AvgIpc) is 3.28. The summed E-state index contributed by atoms with van der Waals surface area (Å²) in [7, 11) is 0. The summed E-state index contributed by atoms with van der Waals surface area (Å²) in [5.41, 5.74) is 2.79. The topological polar surface area (TPSA) is 62.3 Å². The van der Waals surface area contributed by atoms with Gasteiger partial charge in [-0.1, -0.05) is 37.3 Å². The number of amides is 2. The molecule has 4 rings (SSSR count). The number of aryl methyl sites for hydroxylation is 2. The van der Waals surface area contributed by atoms with Gasteiger partial charge in [0.05, 0.1) is 5.69 Å². The second-order valence-corrected chi connectivity index (χ2v) is 10.2. The van der Waals surface area contributed by atoms with Crippen LogP contribution in [0.5, 0.6) is 0 Å². The first kappa shape index (κ1) is 25.0. The number of nitrogens with one attached hydrogen (secondary N) is 1. The van der Waals surface area contributed by atoms with E-state index in [9.17, 15) is 14.0 Å². The highest BCUT2D eigenvalue weighted by Crippen LogP contribution is 2.31. The van der Waals surface area contributed by atoms with E-state index in [4.69, 9.17) is 0 Å². The standard InChI is InChI=1S/C28H32FN3O2S/c1-19(26(33)30-16-6-9-21-7-4-3-5-8-21)22-14-17-32(18-15-22)28(34)25-20(2)31-27(35-25)23-10-12-24(29)13-11-23/h3-5,7-8,10-13,19,22H,6,9,14-18H2,1-2H3,(H,30,33)/t19-/m1/s1. The lowest BCUT2D eigenvalue weighted by molar-refractivity contribution is -0.126. The summed E-state index contributed by atoms with van der Waals surface area (Å²) >= 11 is 1.35. The van der Waals surface area contributed by atoms with Gasteiger partial charge in [0.1, 0.15) is 15.7 Å². The summed E-state index contributed by atoms with van der Waals surface area (Å²) in [6.07, 6.45) is 3.50. The Morgan fingerprint density at radius 3 is 2.49 bits per heavy atom. The average molecular weight is 494 g/mol. The minimum absolute atomic E-state index is 0.00942. The molecule has 2 heterocycles. The SMILES string of the molecule is Cc1nc(-c2ccc(F)cc2)sc1C(=O)N1CCC([C@@H](C)C(=O)NCCCc2ccccc2)CC1. The monoisotopic (exact) mass is 493 g/mol. The number of benzene rings is 2. The van der Waals surface area contributed by atoms with E-state index in [0.717, 1.165) is 36.3 Å². The molecule has 7 heteroatoms. The van der Waals surface area contributed by atoms with Gasteiger partial charge >= 0.3 is 0 Å². The van der Waals surface area contributed by atoms with Gasteiger partial charge in [0.25, 0.3) is 5.91 Å². The number of nitrogens with zero attached hydrogens (tertiary/aromatic N) is 2. The summed E-state index contributed by atoms with van der Waals surface area (Å²) in [6.45, 7) is 5.79. The number of thiazole rings is 1. The fourth-order valence-electron chi connectivity index (χ4n) is 4.58. The molecule has 0 radical (unpaired) electrons. The quantitative estimate of drug-likeness (QED) is 0.422. The second kappa shape index (κ2) is 11.6. The Bertz CT molecular complexity index is 1140. The van der Waals surface area contributed by atoms with Crippen LogP contribution in [0.25, 0.3) is 10.6 Å². The molecule has 1 N–H and O–H groups in total. The molecular weight excluding hydrogens is 461 g/mol. The molecule has 2 aromatic carbocycles. The Morgan fingerprint density at radius 2 is 1.80 bits per heavy atom. The van der Waals surface area contributed by atoms with Gasteiger partial charge in [-0.15, -0.1) is 11.3 Å². The van der Waals surface area contributed by atoms with Crippen molar-refractivity contribution in [1.82, 2.24) is 15.2 Å². The first-order valence-electron chi connectivity index (χ1n) is 12.3. The molecule has 0 spiro atoms. The fourth-order valence-corrected chi connectivity index (χ4v) is 5.62. The molecule has 3 aromatic rings. The molecule has 0 bridgehead atoms. The van der Waals surface area contributed by atoms with Crippen LogP contribution in [0.3, 0.4) is 0 Å². The molecule has 1 atom stereocenters. The van der Waals surface area contributed by atoms with Crippen LogP contribution in [-0.4, -0.2) is 41.3 Å². The van der Waals surface area contributed by atoms with Crippen LogP contribution in [0.1, 0.15) is 47.1 Å². The molecule has 0 aliphatic carbocycles. The number of aromatic nitrogens is 1. The Labute approximate surface area is 210 Å². The molecule has 1 fully saturated rings. The van der Waals surface area contributed by atoms with Gasteiger partial charge in [-0.2, -0.15) is 0 Å². The maximum absolute atomic E-state index is 13.2. The summed E-state index contributed by atoms with van der Waals surface area (Å²) in [6, 6.07) is 16.5. The van der Waals surface area contributed by atoms with Gasteiger partial charge in [0.2, 0.25) is 5.91 Å². The molecule has 35 heavy (non-hydrogen) atoms. The van der Waals surface area contributed by atoms with Crippen molar-refractivity contribution in [3.63, 3.8) is 0 Å². The largest absolute Gasteiger partial charge is 0.356 e. The van der Waals surface area contributed by atoms with E-state index in [1.807, 2.05) is 36.9 Å². The van der Waals surface area contributed by atoms with E-state index in [0.29, 0.717) is 30.2 Å². The third-order valence-corrected chi connectivity index (χ3v) is 8.01. The number of piperidine rings is 1. The Hall–Kier alpha value is -3.06. The predicted octanol–water partition coefficient (Wildman–Crippen LogP) is 5.49. The first-order chi connectivity index (χ1) is 16.9. The highest BCUT2D eigenvalue weighted by atomic mass is 32.1. The van der Waals surface area contributed by atoms with Gasteiger partial charge in [0, 0.05) is 31.1 Å². The maximum atomic E-state index is 13.2. The lowest BCUT2D eigenvalue weighted by Gasteiger charge is -2.34. The van der Waals surface area contributed by atoms with Crippen LogP contribution in [0.15, 0.2) is 54.6 Å². The summed E-state index contributed by atoms with van der Waals surface area (Å²) in [5, 5.41) is 3.81. The zero-order chi connectivity index (χ0) is 24.8. The second-order valence-electron chi connectivity index (χ2n) is 9.24. The molecule has 0 unspecified atom stereocenters. The number of carbonyl (C=O) groups excluding carboxylic acids is 2. The first-order valence-corrected chi connectivity index (χ1v) is 13.1. The van der Waals surface area contributed by atoms with Crippen molar-refractivity contribution < 1.29 is 14.0 Å². The van der Waals surface area contributed by atoms with Gasteiger partial charge in [0.15, 0.2) is 0 Å². The van der Waals surface area contributed by atoms with E-state index in [-0.39, 0.29) is 29.5 Å². The molecular formula is C28H32FN3O2S. The van der Waals surface area contributed by atoms with Crippen LogP contribution in [0.2, 0.25) is 0 Å². The van der Waals surface area contributed by atoms with E-state index in [2.05, 4.69) is 22.4 Å². The van der Waals surface area contributed by atoms with Gasteiger partial charge in [-0.3, -0.25) is 9.59 Å². The Morgan fingerprint density at radius 1 is 1.11 bits per heavy atom. The number of halogens is 1. The molecule has 0 saturated carbocycles. The molecule has 1 aliphatic heterocycles. The van der Waals surface area contributed by atoms with Crippen molar-refractivity contribution in [2.75, 3.05) is 19.6 Å². The predicted molar refractivity (Wildman–Crippen MR) is 138 cm³/mol. The van der Waals surface area contributed by atoms with Crippen LogP contribution >= 0.6 is 11.3 Å². The molecule has 1 saturated heterocycles. The van der Waals surface area contributed by atoms with Crippen molar-refractivity contribution in [2.24, 2.45) is 11.8 Å². The van der Waals surface area contributed by atoms with Crippen LogP contribution < -0.4 is 5.32 Å². The van der Waals surface area contributed by atoms with Crippen LogP contribution in [-0.2, 0) is 11.2 Å². The van der Waals surface area contributed by atoms with Crippen molar-refractivity contribution in [1.29, 1.82) is 0 Å². The fraction of sp³-hybridized carbons (Fsp3) is 0.393. The highest BCUT2D eigenvalue weighted by molar-refractivity contribution is 7.17. The smallest absolute Gasteiger partial charge is 0.265 e. The normalized spacial score (nSPS) is 15.1. The van der Waals surface area contributed by atoms with Crippen molar-refractivity contribution >= 4 is 23.2 Å². The molecule has 1 aliphatic rings. The summed E-state index contributed by atoms with van der Waals surface area (Å²) in [4.78, 5) is 32.9. The Kier molecular flexibility index (Phi) is 8.29. The van der Waals surface area contributed by atoms with Crippen LogP contribution in [0, 0.1) is 24.6 Å². The minimum atomic E-state index is -0.295. The lowest BCUT2D eigenvalue weighted by Crippen LogP contribution is -2.42. The number of carbonyl (C=O) groups is 2. The number of hydrogen-bond donors (Lipinski definition) is 1. The van der Waals surface area contributed by atoms with E-state index < -0.39 is 0 Å². The van der Waals surface area contributed by atoms with Crippen molar-refractivity contribution in [3.05, 3.63) is 76.5 Å². The van der Waals surface area contributed by atoms with Crippen LogP contribution in [0.4, 0.5) is 4.39 Å². The summed E-state index contributed by atoms with van der Waals surface area (Å²) in [5.74, 6) is -0.00379. The molecule has 2 amide bonds. The van der Waals surface area contributed by atoms with Gasteiger partial charge < -0.3 is 10.2 Å². The van der Waals surface area contributed by atoms with Gasteiger partial charge in [-0.05, 0) is 68.4 Å². The third-order valence-electron chi connectivity index (χ3n) is 6.81. The van der Waals surface area contributed by atoms with Gasteiger partial charge in [-0.25, -0.2) is 9.37 Å². The zero-order valence-corrected chi connectivity index (χ0v) is 21.1. The minimum Gasteiger partial charge on any atom is -0.356 e. The molecule has 1 aromatic heterocycles. The maximum Gasteiger partial charge on any atom is 0.265 e. The molecule has 184 valence electrons. The van der Waals surface area contributed by atoms with E-state index in [1.165, 1.54) is 29.0 Å². The zero-order valence-electron chi connectivity index (χ0n) is 20.3. The molecule has 5 nitrogen and oxygen atoms in total. The number of hydrogen-bond acceptors (Lipinski definition) is 4. The van der Waals surface area contributed by atoms with E-state index >= 15 is 0 Å². The number of rotatable bonds is 8. The van der Waals surface area contributed by atoms with E-state index in [1.54, 1.807) is 12.1 Å². The lowest BCUT2D eigenvalue weighted by atomic mass is 9.84. The number of likely N-dealkylation sites (tertiary alicyclic amines) is 1. The highest BCUT2D eigenvalue weighted by Gasteiger charge is 2.31.